The fourth-order valence-corrected chi connectivity index (χ4v) is 3.02. The maximum atomic E-state index is 12.0. The minimum absolute atomic E-state index is 0.0244. The van der Waals surface area contributed by atoms with Crippen molar-refractivity contribution in [3.63, 3.8) is 0 Å². The van der Waals surface area contributed by atoms with Crippen molar-refractivity contribution in [3.05, 3.63) is 36.2 Å². The lowest BCUT2D eigenvalue weighted by atomic mass is 10.1. The second kappa shape index (κ2) is 8.82. The topological polar surface area (TPSA) is 73.5 Å². The maximum absolute atomic E-state index is 12.0. The average molecular weight is 357 g/mol. The zero-order valence-corrected chi connectivity index (χ0v) is 15.5. The first-order valence-corrected chi connectivity index (χ1v) is 9.02. The number of H-pyrrole nitrogens is 1. The molecule has 0 aliphatic carbocycles. The first kappa shape index (κ1) is 18.4. The Kier molecular flexibility index (Phi) is 6.25. The highest BCUT2D eigenvalue weighted by molar-refractivity contribution is 5.77. The van der Waals surface area contributed by atoms with Crippen molar-refractivity contribution in [1.82, 2.24) is 25.3 Å². The van der Waals surface area contributed by atoms with Gasteiger partial charge in [-0.05, 0) is 31.7 Å². The van der Waals surface area contributed by atoms with E-state index in [1.54, 1.807) is 6.20 Å². The van der Waals surface area contributed by atoms with Crippen molar-refractivity contribution in [2.24, 2.45) is 0 Å². The van der Waals surface area contributed by atoms with Gasteiger partial charge in [0.1, 0.15) is 5.75 Å². The van der Waals surface area contributed by atoms with Crippen LogP contribution in [0.15, 0.2) is 30.5 Å². The molecule has 1 aromatic carbocycles. The molecule has 0 radical (unpaired) electrons. The predicted molar refractivity (Wildman–Crippen MR) is 101 cm³/mol. The van der Waals surface area contributed by atoms with Crippen molar-refractivity contribution in [2.45, 2.75) is 6.92 Å². The molecule has 2 heterocycles. The minimum Gasteiger partial charge on any atom is -0.484 e. The molecule has 0 bridgehead atoms. The molecule has 1 aliphatic heterocycles. The van der Waals surface area contributed by atoms with Crippen LogP contribution in [0.5, 0.6) is 5.75 Å². The van der Waals surface area contributed by atoms with E-state index < -0.39 is 0 Å². The number of benzene rings is 1. The average Bonchev–Trinajstić information content (AvgIpc) is 3.08. The SMILES string of the molecule is Cc1[nH]ncc1-c1cccc(OCC(=O)NCCN2CCN(C)CC2)c1. The number of piperazine rings is 1. The molecule has 1 saturated heterocycles. The van der Waals surface area contributed by atoms with E-state index in [9.17, 15) is 4.79 Å². The van der Waals surface area contributed by atoms with Crippen LogP contribution in [-0.2, 0) is 4.79 Å². The summed E-state index contributed by atoms with van der Waals surface area (Å²) in [6.07, 6.45) is 1.79. The number of carbonyl (C=O) groups excluding carboxylic acids is 1. The van der Waals surface area contributed by atoms with E-state index in [1.165, 1.54) is 0 Å². The van der Waals surface area contributed by atoms with Crippen LogP contribution >= 0.6 is 0 Å². The molecule has 1 aromatic heterocycles. The quantitative estimate of drug-likeness (QED) is 0.777. The van der Waals surface area contributed by atoms with Crippen LogP contribution in [0.25, 0.3) is 11.1 Å². The number of aryl methyl sites for hydroxylation is 1. The number of hydrogen-bond acceptors (Lipinski definition) is 5. The van der Waals surface area contributed by atoms with Crippen molar-refractivity contribution in [1.29, 1.82) is 0 Å². The summed E-state index contributed by atoms with van der Waals surface area (Å²) in [6.45, 7) is 7.83. The van der Waals surface area contributed by atoms with E-state index in [2.05, 4.69) is 32.4 Å². The van der Waals surface area contributed by atoms with Gasteiger partial charge < -0.3 is 15.0 Å². The first-order valence-electron chi connectivity index (χ1n) is 9.02. The molecule has 2 N–H and O–H groups in total. The van der Waals surface area contributed by atoms with Gasteiger partial charge in [-0.1, -0.05) is 12.1 Å². The van der Waals surface area contributed by atoms with Crippen LogP contribution in [0.3, 0.4) is 0 Å². The maximum Gasteiger partial charge on any atom is 0.257 e. The van der Waals surface area contributed by atoms with E-state index in [4.69, 9.17) is 4.74 Å². The standard InChI is InChI=1S/C19H27N5O2/c1-15-18(13-21-22-15)16-4-3-5-17(12-16)26-14-19(25)20-6-7-24-10-8-23(2)9-11-24/h3-5,12-13H,6-11,14H2,1-2H3,(H,20,25)(H,21,22). The van der Waals surface area contributed by atoms with Gasteiger partial charge in [0, 0.05) is 50.5 Å². The number of ether oxygens (including phenoxy) is 1. The molecule has 0 spiro atoms. The van der Waals surface area contributed by atoms with Crippen LogP contribution in [0.1, 0.15) is 5.69 Å². The summed E-state index contributed by atoms with van der Waals surface area (Å²) in [6, 6.07) is 7.70. The van der Waals surface area contributed by atoms with Crippen molar-refractivity contribution in [3.8, 4) is 16.9 Å². The minimum atomic E-state index is -0.0935. The molecule has 7 heteroatoms. The van der Waals surface area contributed by atoms with Gasteiger partial charge in [-0.2, -0.15) is 5.10 Å². The Bertz CT molecular complexity index is 722. The zero-order chi connectivity index (χ0) is 18.4. The number of nitrogens with one attached hydrogen (secondary N) is 2. The van der Waals surface area contributed by atoms with E-state index >= 15 is 0 Å². The van der Waals surface area contributed by atoms with E-state index in [0.29, 0.717) is 12.3 Å². The van der Waals surface area contributed by atoms with Gasteiger partial charge in [-0.25, -0.2) is 0 Å². The zero-order valence-electron chi connectivity index (χ0n) is 15.5. The molecule has 7 nitrogen and oxygen atoms in total. The van der Waals surface area contributed by atoms with Crippen molar-refractivity contribution < 1.29 is 9.53 Å². The molecule has 3 rings (SSSR count). The van der Waals surface area contributed by atoms with Gasteiger partial charge >= 0.3 is 0 Å². The van der Waals surface area contributed by atoms with Gasteiger partial charge in [-0.3, -0.25) is 14.8 Å². The molecule has 1 aliphatic rings. The molecule has 0 saturated carbocycles. The van der Waals surface area contributed by atoms with Gasteiger partial charge in [-0.15, -0.1) is 0 Å². The number of hydrogen-bond donors (Lipinski definition) is 2. The summed E-state index contributed by atoms with van der Waals surface area (Å²) in [5.74, 6) is 0.585. The Hall–Kier alpha value is -2.38. The number of amides is 1. The number of nitrogens with zero attached hydrogens (tertiary/aromatic N) is 3. The van der Waals surface area contributed by atoms with E-state index in [0.717, 1.165) is 49.5 Å². The smallest absolute Gasteiger partial charge is 0.257 e. The Morgan fingerprint density at radius 2 is 2.12 bits per heavy atom. The van der Waals surface area contributed by atoms with Gasteiger partial charge in [0.15, 0.2) is 6.61 Å². The number of rotatable bonds is 7. The largest absolute Gasteiger partial charge is 0.484 e. The normalized spacial score (nSPS) is 15.8. The summed E-state index contributed by atoms with van der Waals surface area (Å²) < 4.78 is 5.64. The number of aromatic amines is 1. The number of likely N-dealkylation sites (N-methyl/N-ethyl adjacent to an activating group) is 1. The molecule has 140 valence electrons. The van der Waals surface area contributed by atoms with Crippen LogP contribution in [0.2, 0.25) is 0 Å². The lowest BCUT2D eigenvalue weighted by molar-refractivity contribution is -0.123. The highest BCUT2D eigenvalue weighted by Crippen LogP contribution is 2.25. The van der Waals surface area contributed by atoms with Crippen LogP contribution in [-0.4, -0.2) is 78.8 Å². The second-order valence-corrected chi connectivity index (χ2v) is 6.72. The van der Waals surface area contributed by atoms with Crippen LogP contribution in [0, 0.1) is 6.92 Å². The van der Waals surface area contributed by atoms with Gasteiger partial charge in [0.25, 0.3) is 5.91 Å². The number of carbonyl (C=O) groups is 1. The molecular formula is C19H27N5O2. The first-order chi connectivity index (χ1) is 12.6. The summed E-state index contributed by atoms with van der Waals surface area (Å²) in [5, 5.41) is 9.90. The van der Waals surface area contributed by atoms with E-state index in [-0.39, 0.29) is 12.5 Å². The highest BCUT2D eigenvalue weighted by Gasteiger charge is 2.13. The Morgan fingerprint density at radius 1 is 1.31 bits per heavy atom. The lowest BCUT2D eigenvalue weighted by Crippen LogP contribution is -2.47. The third-order valence-corrected chi connectivity index (χ3v) is 4.69. The summed E-state index contributed by atoms with van der Waals surface area (Å²) in [7, 11) is 2.14. The molecule has 2 aromatic rings. The third-order valence-electron chi connectivity index (χ3n) is 4.69. The fourth-order valence-electron chi connectivity index (χ4n) is 3.02. The predicted octanol–water partition coefficient (Wildman–Crippen LogP) is 1.13. The Labute approximate surface area is 154 Å². The fraction of sp³-hybridized carbons (Fsp3) is 0.474. The highest BCUT2D eigenvalue weighted by atomic mass is 16.5. The van der Waals surface area contributed by atoms with Crippen molar-refractivity contribution >= 4 is 5.91 Å². The molecular weight excluding hydrogens is 330 g/mol. The van der Waals surface area contributed by atoms with Crippen molar-refractivity contribution in [2.75, 3.05) is 52.9 Å². The molecule has 1 fully saturated rings. The molecule has 0 atom stereocenters. The van der Waals surface area contributed by atoms with Crippen LogP contribution < -0.4 is 10.1 Å². The Balaban J connectivity index is 1.41. The summed E-state index contributed by atoms with van der Waals surface area (Å²) in [4.78, 5) is 16.7. The number of aromatic nitrogens is 2. The third kappa shape index (κ3) is 5.06. The van der Waals surface area contributed by atoms with Gasteiger partial charge in [0.05, 0.1) is 6.20 Å². The van der Waals surface area contributed by atoms with Crippen LogP contribution in [0.4, 0.5) is 0 Å². The second-order valence-electron chi connectivity index (χ2n) is 6.72. The summed E-state index contributed by atoms with van der Waals surface area (Å²) in [5.41, 5.74) is 3.06. The van der Waals surface area contributed by atoms with Gasteiger partial charge in [0.2, 0.25) is 0 Å². The monoisotopic (exact) mass is 357 g/mol. The molecule has 26 heavy (non-hydrogen) atoms. The Morgan fingerprint density at radius 3 is 2.85 bits per heavy atom. The molecule has 1 amide bonds. The lowest BCUT2D eigenvalue weighted by Gasteiger charge is -2.32. The van der Waals surface area contributed by atoms with E-state index in [1.807, 2.05) is 31.2 Å². The molecule has 0 unspecified atom stereocenters. The summed E-state index contributed by atoms with van der Waals surface area (Å²) >= 11 is 0.